The summed E-state index contributed by atoms with van der Waals surface area (Å²) < 4.78 is 5.29. The van der Waals surface area contributed by atoms with Crippen molar-refractivity contribution in [3.63, 3.8) is 0 Å². The molecule has 1 rings (SSSR count). The topological polar surface area (TPSA) is 24.5 Å². The molecule has 1 aromatic carbocycles. The molecule has 1 atom stereocenters. The summed E-state index contributed by atoms with van der Waals surface area (Å²) in [5.41, 5.74) is 1.15. The minimum absolute atomic E-state index is 0.181. The lowest BCUT2D eigenvalue weighted by molar-refractivity contribution is 0.145. The van der Waals surface area contributed by atoms with E-state index in [-0.39, 0.29) is 6.04 Å². The molecule has 1 N–H and O–H groups in total. The molecular weight excluding hydrogens is 292 g/mol. The molecule has 0 bridgehead atoms. The maximum absolute atomic E-state index is 6.02. The molecule has 0 aliphatic rings. The van der Waals surface area contributed by atoms with Crippen LogP contribution < -0.4 is 5.32 Å². The van der Waals surface area contributed by atoms with Crippen molar-refractivity contribution in [2.75, 3.05) is 26.8 Å². The fourth-order valence-corrected chi connectivity index (χ4v) is 2.26. The predicted molar refractivity (Wildman–Crippen MR) is 89.3 cm³/mol. The monoisotopic (exact) mass is 314 g/mol. The van der Waals surface area contributed by atoms with Crippen molar-refractivity contribution >= 4 is 28.9 Å². The van der Waals surface area contributed by atoms with Crippen LogP contribution in [0.1, 0.15) is 31.9 Å². The maximum Gasteiger partial charge on any atom is 0.169 e. The van der Waals surface area contributed by atoms with Gasteiger partial charge >= 0.3 is 0 Å². The number of thiocarbonyl (C=S) groups is 1. The third-order valence-corrected chi connectivity index (χ3v) is 3.85. The molecule has 0 saturated heterocycles. The van der Waals surface area contributed by atoms with E-state index in [2.05, 4.69) is 18.3 Å². The van der Waals surface area contributed by atoms with Gasteiger partial charge in [-0.1, -0.05) is 23.7 Å². The number of hydrogen-bond donors (Lipinski definition) is 1. The molecule has 0 heterocycles. The third-order valence-electron chi connectivity index (χ3n) is 3.18. The van der Waals surface area contributed by atoms with Gasteiger partial charge in [0.15, 0.2) is 5.11 Å². The molecule has 0 spiro atoms. The Hall–Kier alpha value is -0.840. The zero-order valence-electron chi connectivity index (χ0n) is 12.4. The molecule has 112 valence electrons. The Bertz CT molecular complexity index is 428. The van der Waals surface area contributed by atoms with Gasteiger partial charge < -0.3 is 15.0 Å². The van der Waals surface area contributed by atoms with E-state index in [9.17, 15) is 0 Å². The molecule has 0 aliphatic carbocycles. The molecule has 0 amide bonds. The van der Waals surface area contributed by atoms with Gasteiger partial charge in [-0.05, 0) is 50.2 Å². The first kappa shape index (κ1) is 17.2. The van der Waals surface area contributed by atoms with E-state index < -0.39 is 0 Å². The van der Waals surface area contributed by atoms with E-state index in [1.54, 1.807) is 0 Å². The number of hydrogen-bond acceptors (Lipinski definition) is 2. The largest absolute Gasteiger partial charge is 0.382 e. The number of nitrogens with one attached hydrogen (secondary N) is 1. The second-order valence-electron chi connectivity index (χ2n) is 4.62. The van der Waals surface area contributed by atoms with E-state index in [1.165, 1.54) is 0 Å². The van der Waals surface area contributed by atoms with Crippen LogP contribution in [-0.2, 0) is 4.74 Å². The van der Waals surface area contributed by atoms with Gasteiger partial charge in [0.25, 0.3) is 0 Å². The Balaban J connectivity index is 2.43. The molecule has 1 aromatic rings. The number of benzene rings is 1. The number of nitrogens with zero attached hydrogens (tertiary/aromatic N) is 1. The van der Waals surface area contributed by atoms with Crippen LogP contribution in [0.3, 0.4) is 0 Å². The highest BCUT2D eigenvalue weighted by Gasteiger charge is 2.14. The molecule has 5 heteroatoms. The Labute approximate surface area is 132 Å². The molecule has 1 unspecified atom stereocenters. The Morgan fingerprint density at radius 2 is 2.25 bits per heavy atom. The molecule has 0 fully saturated rings. The summed E-state index contributed by atoms with van der Waals surface area (Å²) >= 11 is 11.4. The lowest BCUT2D eigenvalue weighted by Crippen LogP contribution is -2.39. The molecule has 0 radical (unpaired) electrons. The van der Waals surface area contributed by atoms with Gasteiger partial charge in [0.2, 0.25) is 0 Å². The van der Waals surface area contributed by atoms with Gasteiger partial charge in [-0.25, -0.2) is 0 Å². The minimum Gasteiger partial charge on any atom is -0.382 e. The van der Waals surface area contributed by atoms with Gasteiger partial charge in [-0.3, -0.25) is 0 Å². The fourth-order valence-electron chi connectivity index (χ4n) is 1.80. The molecular formula is C15H23ClN2OS. The van der Waals surface area contributed by atoms with E-state index in [1.807, 2.05) is 37.1 Å². The number of rotatable bonds is 7. The van der Waals surface area contributed by atoms with Gasteiger partial charge in [0.05, 0.1) is 6.04 Å². The van der Waals surface area contributed by atoms with Gasteiger partial charge in [-0.15, -0.1) is 0 Å². The quantitative estimate of drug-likeness (QED) is 0.613. The average molecular weight is 315 g/mol. The summed E-state index contributed by atoms with van der Waals surface area (Å²) in [4.78, 5) is 2.04. The zero-order valence-corrected chi connectivity index (χ0v) is 13.9. The first-order valence-corrected chi connectivity index (χ1v) is 7.68. The Morgan fingerprint density at radius 1 is 1.50 bits per heavy atom. The lowest BCUT2D eigenvalue weighted by atomic mass is 10.1. The highest BCUT2D eigenvalue weighted by Crippen LogP contribution is 2.21. The van der Waals surface area contributed by atoms with Crippen molar-refractivity contribution in [3.05, 3.63) is 34.9 Å². The van der Waals surface area contributed by atoms with Crippen molar-refractivity contribution in [1.29, 1.82) is 0 Å². The average Bonchev–Trinajstić information content (AvgIpc) is 2.45. The molecule has 0 aromatic heterocycles. The lowest BCUT2D eigenvalue weighted by Gasteiger charge is -2.28. The summed E-state index contributed by atoms with van der Waals surface area (Å²) in [5, 5.41) is 4.74. The van der Waals surface area contributed by atoms with Gasteiger partial charge in [0.1, 0.15) is 0 Å². The van der Waals surface area contributed by atoms with Crippen molar-refractivity contribution < 1.29 is 4.74 Å². The van der Waals surface area contributed by atoms with Crippen LogP contribution in [0.4, 0.5) is 0 Å². The van der Waals surface area contributed by atoms with Gasteiger partial charge in [0, 0.05) is 31.8 Å². The summed E-state index contributed by atoms with van der Waals surface area (Å²) in [6, 6.07) is 8.05. The van der Waals surface area contributed by atoms with Crippen molar-refractivity contribution in [2.24, 2.45) is 0 Å². The van der Waals surface area contributed by atoms with E-state index in [4.69, 9.17) is 28.6 Å². The Morgan fingerprint density at radius 3 is 2.90 bits per heavy atom. The van der Waals surface area contributed by atoms with Crippen LogP contribution in [0.5, 0.6) is 0 Å². The van der Waals surface area contributed by atoms with Crippen LogP contribution in [0, 0.1) is 0 Å². The smallest absolute Gasteiger partial charge is 0.169 e. The highest BCUT2D eigenvalue weighted by molar-refractivity contribution is 7.80. The fraction of sp³-hybridized carbons (Fsp3) is 0.533. The third kappa shape index (κ3) is 5.65. The normalized spacial score (nSPS) is 12.0. The summed E-state index contributed by atoms with van der Waals surface area (Å²) in [6.07, 6.45) is 0.952. The number of ether oxygens (including phenoxy) is 1. The van der Waals surface area contributed by atoms with Crippen molar-refractivity contribution in [3.8, 4) is 0 Å². The van der Waals surface area contributed by atoms with E-state index in [0.717, 1.165) is 41.9 Å². The first-order valence-electron chi connectivity index (χ1n) is 6.90. The molecule has 0 aliphatic heterocycles. The van der Waals surface area contributed by atoms with Crippen molar-refractivity contribution in [1.82, 2.24) is 10.2 Å². The number of halogens is 1. The maximum atomic E-state index is 6.02. The van der Waals surface area contributed by atoms with Crippen LogP contribution in [0.25, 0.3) is 0 Å². The Kier molecular flexibility index (Phi) is 7.88. The minimum atomic E-state index is 0.181. The molecule has 3 nitrogen and oxygen atoms in total. The van der Waals surface area contributed by atoms with E-state index in [0.29, 0.717) is 0 Å². The van der Waals surface area contributed by atoms with Crippen LogP contribution in [0.2, 0.25) is 5.02 Å². The van der Waals surface area contributed by atoms with E-state index >= 15 is 0 Å². The first-order chi connectivity index (χ1) is 9.56. The zero-order chi connectivity index (χ0) is 15.0. The summed E-state index contributed by atoms with van der Waals surface area (Å²) in [7, 11) is 1.99. The second-order valence-corrected chi connectivity index (χ2v) is 5.45. The standard InChI is InChI=1S/C15H23ClN2OS/c1-4-19-10-6-9-17-15(20)18(3)12(2)13-7-5-8-14(16)11-13/h5,7-8,11-12H,4,6,9-10H2,1-3H3,(H,17,20). The predicted octanol–water partition coefficient (Wildman–Crippen LogP) is 3.63. The summed E-state index contributed by atoms with van der Waals surface area (Å²) in [6.45, 7) is 6.46. The summed E-state index contributed by atoms with van der Waals surface area (Å²) in [5.74, 6) is 0. The van der Waals surface area contributed by atoms with Crippen LogP contribution in [-0.4, -0.2) is 36.8 Å². The van der Waals surface area contributed by atoms with Crippen LogP contribution in [0.15, 0.2) is 24.3 Å². The molecule has 0 saturated carbocycles. The van der Waals surface area contributed by atoms with Gasteiger partial charge in [-0.2, -0.15) is 0 Å². The second kappa shape index (κ2) is 9.16. The highest BCUT2D eigenvalue weighted by atomic mass is 35.5. The van der Waals surface area contributed by atoms with Crippen molar-refractivity contribution in [2.45, 2.75) is 26.3 Å². The SMILES string of the molecule is CCOCCCNC(=S)N(C)C(C)c1cccc(Cl)c1. The molecule has 20 heavy (non-hydrogen) atoms. The van der Waals surface area contributed by atoms with Crippen LogP contribution >= 0.6 is 23.8 Å².